The first-order chi connectivity index (χ1) is 10.0. The molecule has 0 aliphatic heterocycles. The monoisotopic (exact) mass is 299 g/mol. The largest absolute Gasteiger partial charge is 0.217 e. The number of fused-ring (bicyclic) bond motifs is 1. The number of hydrogen-bond donors (Lipinski definition) is 0. The fourth-order valence-corrected chi connectivity index (χ4v) is 3.44. The lowest BCUT2D eigenvalue weighted by Crippen LogP contribution is -1.94. The van der Waals surface area contributed by atoms with Crippen LogP contribution in [0.15, 0.2) is 30.5 Å². The quantitative estimate of drug-likeness (QED) is 0.694. The van der Waals surface area contributed by atoms with Gasteiger partial charge in [-0.2, -0.15) is 5.10 Å². The van der Waals surface area contributed by atoms with Crippen LogP contribution in [0.5, 0.6) is 0 Å². The SMILES string of the molecule is CC(C)Cc1nn2cc(-c3ccc(C(C)C)cc3)nc2s1. The molecule has 0 spiro atoms. The van der Waals surface area contributed by atoms with Gasteiger partial charge in [-0.3, -0.25) is 0 Å². The minimum atomic E-state index is 0.560. The molecule has 0 aliphatic rings. The van der Waals surface area contributed by atoms with Crippen LogP contribution in [0.4, 0.5) is 0 Å². The Balaban J connectivity index is 1.88. The van der Waals surface area contributed by atoms with E-state index in [1.807, 2.05) is 10.7 Å². The van der Waals surface area contributed by atoms with E-state index in [-0.39, 0.29) is 0 Å². The van der Waals surface area contributed by atoms with Gasteiger partial charge in [0.1, 0.15) is 5.01 Å². The molecule has 3 nitrogen and oxygen atoms in total. The molecule has 3 rings (SSSR count). The average Bonchev–Trinajstić information content (AvgIpc) is 2.96. The van der Waals surface area contributed by atoms with Crippen molar-refractivity contribution in [3.8, 4) is 11.3 Å². The Labute approximate surface area is 129 Å². The predicted octanol–water partition coefficient (Wildman–Crippen LogP) is 4.78. The molecular formula is C17H21N3S. The summed E-state index contributed by atoms with van der Waals surface area (Å²) in [7, 11) is 0. The Kier molecular flexibility index (Phi) is 3.81. The van der Waals surface area contributed by atoms with Gasteiger partial charge in [0, 0.05) is 12.0 Å². The third-order valence-electron chi connectivity index (χ3n) is 3.54. The van der Waals surface area contributed by atoms with Gasteiger partial charge in [0.05, 0.1) is 11.9 Å². The molecule has 2 heterocycles. The molecule has 0 amide bonds. The van der Waals surface area contributed by atoms with Crippen molar-refractivity contribution in [1.29, 1.82) is 0 Å². The second-order valence-electron chi connectivity index (χ2n) is 6.22. The van der Waals surface area contributed by atoms with Crippen LogP contribution in [0.25, 0.3) is 16.2 Å². The van der Waals surface area contributed by atoms with Crippen LogP contribution in [0, 0.1) is 5.92 Å². The van der Waals surface area contributed by atoms with Crippen LogP contribution >= 0.6 is 11.3 Å². The van der Waals surface area contributed by atoms with Crippen molar-refractivity contribution in [3.63, 3.8) is 0 Å². The van der Waals surface area contributed by atoms with E-state index in [4.69, 9.17) is 4.98 Å². The van der Waals surface area contributed by atoms with E-state index in [1.54, 1.807) is 11.3 Å². The second-order valence-corrected chi connectivity index (χ2v) is 7.26. The summed E-state index contributed by atoms with van der Waals surface area (Å²) in [6.07, 6.45) is 3.05. The molecule has 21 heavy (non-hydrogen) atoms. The van der Waals surface area contributed by atoms with Crippen LogP contribution in [0.3, 0.4) is 0 Å². The van der Waals surface area contributed by atoms with E-state index in [0.29, 0.717) is 11.8 Å². The molecule has 0 atom stereocenters. The molecule has 0 saturated heterocycles. The fourth-order valence-electron chi connectivity index (χ4n) is 2.35. The highest BCUT2D eigenvalue weighted by Crippen LogP contribution is 2.25. The lowest BCUT2D eigenvalue weighted by Gasteiger charge is -2.05. The van der Waals surface area contributed by atoms with Gasteiger partial charge in [0.25, 0.3) is 0 Å². The zero-order valence-electron chi connectivity index (χ0n) is 13.0. The Morgan fingerprint density at radius 3 is 2.38 bits per heavy atom. The van der Waals surface area contributed by atoms with Crippen LogP contribution in [0.1, 0.15) is 44.2 Å². The van der Waals surface area contributed by atoms with Crippen LogP contribution in [0.2, 0.25) is 0 Å². The summed E-state index contributed by atoms with van der Waals surface area (Å²) in [6, 6.07) is 8.67. The van der Waals surface area contributed by atoms with E-state index in [9.17, 15) is 0 Å². The maximum atomic E-state index is 4.70. The molecule has 0 bridgehead atoms. The highest BCUT2D eigenvalue weighted by molar-refractivity contribution is 7.16. The Morgan fingerprint density at radius 2 is 1.81 bits per heavy atom. The van der Waals surface area contributed by atoms with Gasteiger partial charge in [0.15, 0.2) is 0 Å². The molecule has 4 heteroatoms. The molecule has 0 radical (unpaired) electrons. The van der Waals surface area contributed by atoms with E-state index < -0.39 is 0 Å². The highest BCUT2D eigenvalue weighted by atomic mass is 32.1. The minimum Gasteiger partial charge on any atom is -0.217 e. The molecule has 0 unspecified atom stereocenters. The van der Waals surface area contributed by atoms with Crippen LogP contribution in [-0.2, 0) is 6.42 Å². The summed E-state index contributed by atoms with van der Waals surface area (Å²) < 4.78 is 1.91. The van der Waals surface area contributed by atoms with E-state index in [1.165, 1.54) is 5.56 Å². The molecule has 0 fully saturated rings. The van der Waals surface area contributed by atoms with E-state index in [0.717, 1.165) is 27.6 Å². The standard InChI is InChI=1S/C17H21N3S/c1-11(2)9-16-19-20-10-15(18-17(20)21-16)14-7-5-13(6-8-14)12(3)4/h5-8,10-12H,9H2,1-4H3. The molecule has 110 valence electrons. The molecule has 0 N–H and O–H groups in total. The normalized spacial score (nSPS) is 11.9. The maximum absolute atomic E-state index is 4.70. The molecule has 2 aromatic heterocycles. The first kappa shape index (κ1) is 14.3. The summed E-state index contributed by atoms with van der Waals surface area (Å²) in [5.74, 6) is 1.19. The third-order valence-corrected chi connectivity index (χ3v) is 4.49. The molecule has 3 aromatic rings. The Hall–Kier alpha value is -1.68. The fraction of sp³-hybridized carbons (Fsp3) is 0.412. The minimum absolute atomic E-state index is 0.560. The van der Waals surface area contributed by atoms with Crippen molar-refractivity contribution >= 4 is 16.3 Å². The highest BCUT2D eigenvalue weighted by Gasteiger charge is 2.11. The smallest absolute Gasteiger partial charge is 0.212 e. The number of imidazole rings is 1. The predicted molar refractivity (Wildman–Crippen MR) is 88.9 cm³/mol. The van der Waals surface area contributed by atoms with Crippen molar-refractivity contribution in [2.45, 2.75) is 40.0 Å². The molecule has 0 aliphatic carbocycles. The topological polar surface area (TPSA) is 30.2 Å². The average molecular weight is 299 g/mol. The van der Waals surface area contributed by atoms with Gasteiger partial charge >= 0.3 is 0 Å². The van der Waals surface area contributed by atoms with Gasteiger partial charge in [-0.25, -0.2) is 9.50 Å². The molecular weight excluding hydrogens is 278 g/mol. The van der Waals surface area contributed by atoms with E-state index in [2.05, 4.69) is 57.1 Å². The summed E-state index contributed by atoms with van der Waals surface area (Å²) in [5.41, 5.74) is 3.51. The zero-order valence-corrected chi connectivity index (χ0v) is 13.8. The van der Waals surface area contributed by atoms with Gasteiger partial charge in [-0.05, 0) is 17.4 Å². The van der Waals surface area contributed by atoms with Gasteiger partial charge in [0.2, 0.25) is 4.96 Å². The second kappa shape index (κ2) is 5.60. The van der Waals surface area contributed by atoms with Crippen molar-refractivity contribution < 1.29 is 0 Å². The summed E-state index contributed by atoms with van der Waals surface area (Å²) in [6.45, 7) is 8.85. The number of aromatic nitrogens is 3. The van der Waals surface area contributed by atoms with Crippen LogP contribution < -0.4 is 0 Å². The third kappa shape index (κ3) is 3.00. The number of rotatable bonds is 4. The summed E-state index contributed by atoms with van der Waals surface area (Å²) >= 11 is 1.69. The summed E-state index contributed by atoms with van der Waals surface area (Å²) in [5, 5.41) is 5.78. The lowest BCUT2D eigenvalue weighted by molar-refractivity contribution is 0.637. The lowest BCUT2D eigenvalue weighted by atomic mass is 10.0. The van der Waals surface area contributed by atoms with Crippen molar-refractivity contribution in [3.05, 3.63) is 41.0 Å². The zero-order chi connectivity index (χ0) is 15.0. The number of benzene rings is 1. The first-order valence-corrected chi connectivity index (χ1v) is 8.30. The number of nitrogens with zero attached hydrogens (tertiary/aromatic N) is 3. The van der Waals surface area contributed by atoms with Gasteiger partial charge < -0.3 is 0 Å². The first-order valence-electron chi connectivity index (χ1n) is 7.48. The Bertz CT molecular complexity index is 704. The van der Waals surface area contributed by atoms with Crippen molar-refractivity contribution in [2.75, 3.05) is 0 Å². The molecule has 0 saturated carbocycles. The van der Waals surface area contributed by atoms with Gasteiger partial charge in [-0.15, -0.1) is 0 Å². The van der Waals surface area contributed by atoms with E-state index >= 15 is 0 Å². The maximum Gasteiger partial charge on any atom is 0.212 e. The number of hydrogen-bond acceptors (Lipinski definition) is 3. The van der Waals surface area contributed by atoms with Crippen LogP contribution in [-0.4, -0.2) is 14.6 Å². The Morgan fingerprint density at radius 1 is 1.10 bits per heavy atom. The van der Waals surface area contributed by atoms with Crippen molar-refractivity contribution in [2.24, 2.45) is 5.92 Å². The van der Waals surface area contributed by atoms with Gasteiger partial charge in [-0.1, -0.05) is 63.3 Å². The molecule has 1 aromatic carbocycles. The summed E-state index contributed by atoms with van der Waals surface area (Å²) in [4.78, 5) is 5.68. The van der Waals surface area contributed by atoms with Crippen molar-refractivity contribution in [1.82, 2.24) is 14.6 Å².